The van der Waals surface area contributed by atoms with Gasteiger partial charge in [0.15, 0.2) is 11.4 Å². The molecule has 4 aromatic rings. The van der Waals surface area contributed by atoms with Crippen LogP contribution in [0.1, 0.15) is 89.0 Å². The largest absolute Gasteiger partial charge is 0.573 e. The Morgan fingerprint density at radius 3 is 0.929 bits per heavy atom. The molecule has 0 unspecified atom stereocenters. The smallest absolute Gasteiger partial charge is 0.418 e. The summed E-state index contributed by atoms with van der Waals surface area (Å²) in [6, 6.07) is 29.2. The van der Waals surface area contributed by atoms with Crippen LogP contribution in [0.5, 0.6) is 0 Å². The molecule has 0 N–H and O–H groups in total. The summed E-state index contributed by atoms with van der Waals surface area (Å²) in [5.74, 6) is -7.25. The van der Waals surface area contributed by atoms with Crippen LogP contribution in [0, 0.1) is 262 Å². The number of allylic oxidation sites excluding steroid dienone is 24. The highest BCUT2D eigenvalue weighted by Gasteiger charge is 2.48. The quantitative estimate of drug-likeness (QED) is 0.102. The molecule has 0 saturated heterocycles. The number of rotatable bonds is 2. The highest BCUT2D eigenvalue weighted by atomic mass is 19.4. The van der Waals surface area contributed by atoms with E-state index in [1.54, 1.807) is 42.5 Å². The van der Waals surface area contributed by atoms with Crippen molar-refractivity contribution in [1.82, 2.24) is 0 Å². The van der Waals surface area contributed by atoms with Gasteiger partial charge in [-0.25, -0.2) is 118 Å². The maximum absolute atomic E-state index is 15.9. The minimum atomic E-state index is -5.37. The summed E-state index contributed by atoms with van der Waals surface area (Å²) in [5, 5.41) is 131. The SMILES string of the molecule is [C-]#[N+]C1=C(F)/C(=C(/C#N)[N+]#[C-])c2cc3c(cc21)C(C#N)=C(F)/C3=C(\C#N)[N+]#[C-].[C-]#[N+]C1=C(OC(F)(F)F)/C(=C(/C#N)[N+]#[C-])c2cc3c(cc21)C(C#N)=C(OC(F)(F)F)/C3=C(\C#N)[N+]#[C-].[C-]#[N+]C1=C([N+]#[C-])c2c(F)c3c(c(F)c2/C1=C(\C#N)[N+]#[C-])/C(=C(/C#N)[N+]#[C-])C(C#N)=C3C#N.[C-]#[N+]C1=C([N+]#[C-])c2cc3c(cc2/C1=C(\C#N)[N+]#[C-])/C(=C(/C#N)[N+]#[C-])C(C#N)=C3C#N. The predicted octanol–water partition coefficient (Wildman–Crippen LogP) is 19.6. The third-order valence-corrected chi connectivity index (χ3v) is 18.1. The fourth-order valence-electron chi connectivity index (χ4n) is 13.6. The van der Waals surface area contributed by atoms with Crippen LogP contribution >= 0.6 is 0 Å². The van der Waals surface area contributed by atoms with E-state index in [1.807, 2.05) is 12.1 Å². The Bertz CT molecular complexity index is 7520. The summed E-state index contributed by atoms with van der Waals surface area (Å²) in [5.41, 5.74) is -18.3. The molecule has 0 saturated carbocycles. The van der Waals surface area contributed by atoms with E-state index in [0.717, 1.165) is 12.1 Å². The molecule has 126 heavy (non-hydrogen) atoms. The van der Waals surface area contributed by atoms with Gasteiger partial charge in [-0.2, -0.15) is 31.6 Å². The van der Waals surface area contributed by atoms with Gasteiger partial charge in [-0.05, 0) is 84.5 Å². The van der Waals surface area contributed by atoms with Gasteiger partial charge in [0.2, 0.25) is 22.8 Å². The first kappa shape index (κ1) is 87.3. The fraction of sp³-hybridized carbons (Fsp3) is 0.0233. The van der Waals surface area contributed by atoms with Gasteiger partial charge in [0, 0.05) is 61.3 Å². The first-order valence-electron chi connectivity index (χ1n) is 32.1. The van der Waals surface area contributed by atoms with E-state index >= 15 is 8.78 Å². The molecule has 0 aromatic heterocycles. The first-order valence-corrected chi connectivity index (χ1v) is 32.1. The van der Waals surface area contributed by atoms with E-state index in [4.69, 9.17) is 103 Å². The van der Waals surface area contributed by atoms with Crippen molar-refractivity contribution < 1.29 is 53.4 Å². The second kappa shape index (κ2) is 34.2. The standard InChI is InChI=1S/C22H2F6N6O2.C22F2N8.C22H2N8.C20H2F2N6/c1-32-14(7-30)16-10-5-11-12(4-9(10)13(6-29)19(16)35-21(23,24)25)18(34-3)20(36-22(26,27)28)17(11)15(8-31)33-2;1-29-11(7-27)13-9(5-25)10(6-26)14-16(13)20(24)17-15(12(8-28)30-2)21(31-3)22(32-4)18(17)19(14)23;1-27-17(9-25)19-12-6-13-14(5-11(12)15(7-23)16(19)8-24)21(29-3)22(30-4)20(13)18(10-26)28-2;1-26-14(7-24)16-10-5-11-12(4-9(10)13(6-23)18(16)21)20(28-3)19(22)17(11)15(8-25)27-2/h4-5H;;5-6H;4-5H/b16-14+,17-15-;13-11-,15-12-;19-17+,20-18-;16-14+,17-15-. The molecule has 4 aromatic carbocycles. The summed E-state index contributed by atoms with van der Waals surface area (Å²) >= 11 is 0. The van der Waals surface area contributed by atoms with Crippen molar-refractivity contribution in [2.45, 2.75) is 12.7 Å². The van der Waals surface area contributed by atoms with Crippen LogP contribution in [-0.2, 0) is 9.47 Å². The lowest BCUT2D eigenvalue weighted by Gasteiger charge is -2.14. The number of fused-ring (bicyclic) bond motifs is 8. The Balaban J connectivity index is 0.000000191. The molecular weight excluding hydrogens is 1650 g/mol. The van der Waals surface area contributed by atoms with E-state index in [0.29, 0.717) is 0 Å². The van der Waals surface area contributed by atoms with Gasteiger partial charge in [-0.3, -0.25) is 9.69 Å². The Morgan fingerprint density at radius 2 is 0.516 bits per heavy atom. The molecule has 0 amide bonds. The summed E-state index contributed by atoms with van der Waals surface area (Å²) in [7, 11) is 0. The summed E-state index contributed by atoms with van der Waals surface area (Å²) in [6.45, 7) is 101. The second-order valence-electron chi connectivity index (χ2n) is 23.6. The minimum Gasteiger partial charge on any atom is -0.418 e. The molecule has 8 aliphatic rings. The van der Waals surface area contributed by atoms with Crippen molar-refractivity contribution >= 4 is 89.7 Å². The number of ether oxygens (including phenoxy) is 2. The lowest BCUT2D eigenvalue weighted by Crippen LogP contribution is -2.14. The number of halogens is 10. The number of hydrogen-bond acceptors (Lipinski definition) is 16. The minimum absolute atomic E-state index is 0.000713. The zero-order valence-corrected chi connectivity index (χ0v) is 60.6. The molecule has 0 heterocycles. The van der Waals surface area contributed by atoms with E-state index in [1.165, 1.54) is 54.6 Å². The summed E-state index contributed by atoms with van der Waals surface area (Å²) in [4.78, 5) is 42.7. The number of benzene rings is 4. The Hall–Kier alpha value is -22.7. The van der Waals surface area contributed by atoms with Gasteiger partial charge in [0.05, 0.1) is 181 Å². The van der Waals surface area contributed by atoms with Gasteiger partial charge < -0.3 is 9.47 Å². The van der Waals surface area contributed by atoms with E-state index in [-0.39, 0.29) is 83.9 Å². The molecule has 0 aliphatic heterocycles. The van der Waals surface area contributed by atoms with Crippen molar-refractivity contribution in [3.63, 3.8) is 0 Å². The van der Waals surface area contributed by atoms with Crippen LogP contribution in [0.25, 0.3) is 157 Å². The molecule has 0 atom stereocenters. The van der Waals surface area contributed by atoms with Crippen molar-refractivity contribution in [2.24, 2.45) is 0 Å². The van der Waals surface area contributed by atoms with E-state index in [2.05, 4.69) is 77.3 Å². The van der Waals surface area contributed by atoms with Gasteiger partial charge in [-0.1, -0.05) is 24.3 Å². The third-order valence-electron chi connectivity index (χ3n) is 18.1. The molecule has 0 bridgehead atoms. The molecule has 40 heteroatoms. The van der Waals surface area contributed by atoms with Crippen LogP contribution in [0.4, 0.5) is 43.9 Å². The third kappa shape index (κ3) is 13.5. The molecular formula is C86H6F10N28O2. The maximum Gasteiger partial charge on any atom is 0.573 e. The van der Waals surface area contributed by atoms with Crippen LogP contribution in [0.15, 0.2) is 128 Å². The van der Waals surface area contributed by atoms with E-state index < -0.39 is 210 Å². The topological polar surface area (TPSA) is 413 Å². The number of nitrogens with zero attached hydrogens (tertiary/aromatic N) is 28. The zero-order chi connectivity index (χ0) is 93.3. The van der Waals surface area contributed by atoms with Gasteiger partial charge in [0.25, 0.3) is 45.6 Å². The number of hydrogen-bond donors (Lipinski definition) is 0. The van der Waals surface area contributed by atoms with Crippen molar-refractivity contribution in [1.29, 1.82) is 73.7 Å². The molecule has 0 spiro atoms. The van der Waals surface area contributed by atoms with Crippen molar-refractivity contribution in [3.05, 3.63) is 388 Å². The van der Waals surface area contributed by atoms with Crippen molar-refractivity contribution in [2.75, 3.05) is 0 Å². The first-order chi connectivity index (χ1) is 60.3. The van der Waals surface area contributed by atoms with Gasteiger partial charge in [0.1, 0.15) is 64.7 Å². The Morgan fingerprint density at radius 1 is 0.238 bits per heavy atom. The number of alkyl halides is 6. The van der Waals surface area contributed by atoms with Crippen LogP contribution in [0.3, 0.4) is 0 Å². The molecule has 8 aliphatic carbocycles. The van der Waals surface area contributed by atoms with Gasteiger partial charge >= 0.3 is 12.7 Å². The fourth-order valence-corrected chi connectivity index (χ4v) is 13.6. The normalized spacial score (nSPS) is 16.6. The Labute approximate surface area is 699 Å². The monoisotopic (exact) mass is 1650 g/mol. The van der Waals surface area contributed by atoms with Crippen LogP contribution in [0.2, 0.25) is 0 Å². The zero-order valence-electron chi connectivity index (χ0n) is 60.6. The molecule has 572 valence electrons. The highest BCUT2D eigenvalue weighted by Crippen LogP contribution is 2.59. The molecule has 0 fully saturated rings. The lowest BCUT2D eigenvalue weighted by molar-refractivity contribution is -0.303. The average Bonchev–Trinajstić information content (AvgIpc) is 1.54. The van der Waals surface area contributed by atoms with E-state index in [9.17, 15) is 98.3 Å². The van der Waals surface area contributed by atoms with Crippen LogP contribution < -0.4 is 0 Å². The summed E-state index contributed by atoms with van der Waals surface area (Å²) < 4.78 is 148. The average molecular weight is 1650 g/mol. The van der Waals surface area contributed by atoms with Crippen molar-refractivity contribution in [3.8, 4) is 85.0 Å². The van der Waals surface area contributed by atoms with Crippen LogP contribution in [-0.4, -0.2) is 12.7 Å². The molecule has 12 rings (SSSR count). The summed E-state index contributed by atoms with van der Waals surface area (Å²) in [6.07, 6.45) is -10.7. The Kier molecular flexibility index (Phi) is 23.7. The van der Waals surface area contributed by atoms with Gasteiger partial charge in [-0.15, -0.1) is 26.3 Å². The predicted molar refractivity (Wildman–Crippen MR) is 404 cm³/mol. The number of nitriles is 14. The highest BCUT2D eigenvalue weighted by molar-refractivity contribution is 6.17. The molecule has 30 nitrogen and oxygen atoms in total. The maximum atomic E-state index is 15.9. The molecule has 0 radical (unpaired) electrons. The lowest BCUT2D eigenvalue weighted by atomic mass is 9.92. The second-order valence-corrected chi connectivity index (χ2v) is 23.6.